The van der Waals surface area contributed by atoms with Gasteiger partial charge in [-0.05, 0) is 73.7 Å². The number of anilines is 1. The third-order valence-electron chi connectivity index (χ3n) is 5.31. The van der Waals surface area contributed by atoms with Gasteiger partial charge in [0, 0.05) is 17.2 Å². The summed E-state index contributed by atoms with van der Waals surface area (Å²) in [5, 5.41) is 3.73. The normalized spacial score (nSPS) is 12.6. The molecule has 2 aromatic carbocycles. The number of fused-ring (bicyclic) bond motifs is 1. The van der Waals surface area contributed by atoms with E-state index in [1.165, 1.54) is 4.88 Å². The highest BCUT2D eigenvalue weighted by atomic mass is 32.1. The smallest absolute Gasteiger partial charge is 0.259 e. The number of ether oxygens (including phenoxy) is 3. The van der Waals surface area contributed by atoms with Crippen molar-refractivity contribution in [1.29, 1.82) is 0 Å². The maximum Gasteiger partial charge on any atom is 0.259 e. The number of hydrogen-bond donors (Lipinski definition) is 1. The zero-order chi connectivity index (χ0) is 22.5. The molecule has 1 aliphatic rings. The largest absolute Gasteiger partial charge is 0.497 e. The van der Waals surface area contributed by atoms with Crippen molar-refractivity contribution in [2.45, 2.75) is 26.2 Å². The molecule has 1 aromatic heterocycles. The number of benzene rings is 2. The Bertz CT molecular complexity index is 1140. The van der Waals surface area contributed by atoms with Gasteiger partial charge in [-0.15, -0.1) is 11.3 Å². The van der Waals surface area contributed by atoms with Gasteiger partial charge in [0.05, 0.1) is 32.1 Å². The van der Waals surface area contributed by atoms with Gasteiger partial charge in [-0.1, -0.05) is 0 Å². The molecule has 1 heterocycles. The number of carbonyl (C=O) groups excluding carboxylic acids is 1. The fourth-order valence-electron chi connectivity index (χ4n) is 3.75. The van der Waals surface area contributed by atoms with Gasteiger partial charge in [0.1, 0.15) is 22.2 Å². The van der Waals surface area contributed by atoms with Crippen LogP contribution in [0.25, 0.3) is 0 Å². The van der Waals surface area contributed by atoms with Gasteiger partial charge in [0.25, 0.3) is 5.91 Å². The SMILES string of the molecule is CCOc1ccc(/C=N/c2sc3c(c2C(=O)Nc2ccc(OC)cc2OC)CCC3)cc1. The van der Waals surface area contributed by atoms with Crippen LogP contribution < -0.4 is 19.5 Å². The Hall–Kier alpha value is -3.32. The van der Waals surface area contributed by atoms with Crippen LogP contribution in [-0.2, 0) is 12.8 Å². The van der Waals surface area contributed by atoms with Crippen LogP contribution in [0.15, 0.2) is 47.5 Å². The molecule has 0 saturated carbocycles. The summed E-state index contributed by atoms with van der Waals surface area (Å²) in [5.41, 5.74) is 3.31. The van der Waals surface area contributed by atoms with Crippen LogP contribution in [0.5, 0.6) is 17.2 Å². The van der Waals surface area contributed by atoms with E-state index in [2.05, 4.69) is 10.3 Å². The lowest BCUT2D eigenvalue weighted by Crippen LogP contribution is -2.14. The van der Waals surface area contributed by atoms with Crippen LogP contribution in [0.4, 0.5) is 10.7 Å². The summed E-state index contributed by atoms with van der Waals surface area (Å²) in [6.07, 6.45) is 4.75. The first-order valence-electron chi connectivity index (χ1n) is 10.6. The topological polar surface area (TPSA) is 69.2 Å². The summed E-state index contributed by atoms with van der Waals surface area (Å²) in [6.45, 7) is 2.59. The Morgan fingerprint density at radius 2 is 1.88 bits per heavy atom. The summed E-state index contributed by atoms with van der Waals surface area (Å²) >= 11 is 1.60. The monoisotopic (exact) mass is 450 g/mol. The van der Waals surface area contributed by atoms with Gasteiger partial charge in [0.2, 0.25) is 0 Å². The van der Waals surface area contributed by atoms with Crippen molar-refractivity contribution < 1.29 is 19.0 Å². The minimum atomic E-state index is -0.174. The molecule has 0 atom stereocenters. The molecule has 3 aromatic rings. The molecule has 6 nitrogen and oxygen atoms in total. The van der Waals surface area contributed by atoms with Gasteiger partial charge in [-0.3, -0.25) is 4.79 Å². The average Bonchev–Trinajstić information content (AvgIpc) is 3.40. The number of aryl methyl sites for hydroxylation is 1. The van der Waals surface area contributed by atoms with Gasteiger partial charge in [-0.2, -0.15) is 0 Å². The molecular formula is C25H26N2O4S. The molecule has 0 unspecified atom stereocenters. The number of carbonyl (C=O) groups is 1. The summed E-state index contributed by atoms with van der Waals surface area (Å²) < 4.78 is 16.2. The molecular weight excluding hydrogens is 424 g/mol. The van der Waals surface area contributed by atoms with Crippen molar-refractivity contribution in [3.8, 4) is 17.2 Å². The predicted molar refractivity (Wildman–Crippen MR) is 129 cm³/mol. The molecule has 4 rings (SSSR count). The lowest BCUT2D eigenvalue weighted by molar-refractivity contribution is 0.102. The minimum absolute atomic E-state index is 0.174. The van der Waals surface area contributed by atoms with E-state index in [0.29, 0.717) is 29.4 Å². The zero-order valence-electron chi connectivity index (χ0n) is 18.4. The first-order chi connectivity index (χ1) is 15.6. The molecule has 0 saturated heterocycles. The molecule has 1 N–H and O–H groups in total. The average molecular weight is 451 g/mol. The number of methoxy groups -OCH3 is 2. The van der Waals surface area contributed by atoms with Crippen LogP contribution in [-0.4, -0.2) is 32.9 Å². The van der Waals surface area contributed by atoms with Crippen molar-refractivity contribution in [3.05, 3.63) is 64.0 Å². The Morgan fingerprint density at radius 1 is 1.09 bits per heavy atom. The number of rotatable bonds is 8. The second-order valence-electron chi connectivity index (χ2n) is 7.32. The summed E-state index contributed by atoms with van der Waals surface area (Å²) in [5.74, 6) is 1.86. The van der Waals surface area contributed by atoms with Gasteiger partial charge in [0.15, 0.2) is 0 Å². The fraction of sp³-hybridized carbons (Fsp3) is 0.280. The Kier molecular flexibility index (Phi) is 6.75. The quantitative estimate of drug-likeness (QED) is 0.450. The van der Waals surface area contributed by atoms with E-state index in [1.54, 1.807) is 50.0 Å². The van der Waals surface area contributed by atoms with Crippen LogP contribution >= 0.6 is 11.3 Å². The highest BCUT2D eigenvalue weighted by Crippen LogP contribution is 2.41. The number of amides is 1. The number of thiophene rings is 1. The lowest BCUT2D eigenvalue weighted by Gasteiger charge is -2.12. The molecule has 7 heteroatoms. The molecule has 0 fully saturated rings. The van der Waals surface area contributed by atoms with Crippen molar-refractivity contribution in [2.24, 2.45) is 4.99 Å². The van der Waals surface area contributed by atoms with E-state index in [4.69, 9.17) is 14.2 Å². The summed E-state index contributed by atoms with van der Waals surface area (Å²) in [4.78, 5) is 19.3. The van der Waals surface area contributed by atoms with E-state index in [1.807, 2.05) is 31.2 Å². The second kappa shape index (κ2) is 9.87. The highest BCUT2D eigenvalue weighted by Gasteiger charge is 2.27. The predicted octanol–water partition coefficient (Wildman–Crippen LogP) is 5.66. The summed E-state index contributed by atoms with van der Waals surface area (Å²) in [7, 11) is 3.16. The molecule has 32 heavy (non-hydrogen) atoms. The van der Waals surface area contributed by atoms with Gasteiger partial charge >= 0.3 is 0 Å². The highest BCUT2D eigenvalue weighted by molar-refractivity contribution is 7.16. The van der Waals surface area contributed by atoms with E-state index in [-0.39, 0.29) is 5.91 Å². The third kappa shape index (κ3) is 4.62. The van der Waals surface area contributed by atoms with E-state index in [0.717, 1.165) is 41.1 Å². The van der Waals surface area contributed by atoms with Crippen LogP contribution in [0.2, 0.25) is 0 Å². The number of aliphatic imine (C=N–C) groups is 1. The first-order valence-corrected chi connectivity index (χ1v) is 11.4. The third-order valence-corrected chi connectivity index (χ3v) is 6.51. The Morgan fingerprint density at radius 3 is 2.59 bits per heavy atom. The zero-order valence-corrected chi connectivity index (χ0v) is 19.3. The second-order valence-corrected chi connectivity index (χ2v) is 8.40. The van der Waals surface area contributed by atoms with Gasteiger partial charge < -0.3 is 19.5 Å². The molecule has 0 radical (unpaired) electrons. The van der Waals surface area contributed by atoms with Crippen molar-refractivity contribution in [1.82, 2.24) is 0 Å². The van der Waals surface area contributed by atoms with E-state index >= 15 is 0 Å². The van der Waals surface area contributed by atoms with E-state index in [9.17, 15) is 4.79 Å². The van der Waals surface area contributed by atoms with Crippen molar-refractivity contribution >= 4 is 34.1 Å². The molecule has 1 aliphatic carbocycles. The fourth-order valence-corrected chi connectivity index (χ4v) is 4.98. The maximum atomic E-state index is 13.3. The molecule has 0 bridgehead atoms. The lowest BCUT2D eigenvalue weighted by atomic mass is 10.1. The molecule has 1 amide bonds. The van der Waals surface area contributed by atoms with E-state index < -0.39 is 0 Å². The maximum absolute atomic E-state index is 13.3. The summed E-state index contributed by atoms with van der Waals surface area (Å²) in [6, 6.07) is 13.1. The van der Waals surface area contributed by atoms with Crippen LogP contribution in [0, 0.1) is 0 Å². The van der Waals surface area contributed by atoms with Gasteiger partial charge in [-0.25, -0.2) is 4.99 Å². The Balaban J connectivity index is 1.61. The van der Waals surface area contributed by atoms with Crippen LogP contribution in [0.3, 0.4) is 0 Å². The number of nitrogens with one attached hydrogen (secondary N) is 1. The Labute approximate surface area is 191 Å². The molecule has 0 spiro atoms. The van der Waals surface area contributed by atoms with Crippen LogP contribution in [0.1, 0.15) is 39.7 Å². The minimum Gasteiger partial charge on any atom is -0.497 e. The number of hydrogen-bond acceptors (Lipinski definition) is 6. The standard InChI is InChI=1S/C25H26N2O4S/c1-4-31-17-10-8-16(9-11-17)15-26-25-23(19-6-5-7-22(19)32-25)24(28)27-20-13-12-18(29-2)14-21(20)30-3/h8-15H,4-7H2,1-3H3,(H,27,28)/b26-15+. The first kappa shape index (κ1) is 21.9. The molecule has 166 valence electrons. The van der Waals surface area contributed by atoms with Crippen molar-refractivity contribution in [3.63, 3.8) is 0 Å². The molecule has 0 aliphatic heterocycles. The number of nitrogens with zero attached hydrogens (tertiary/aromatic N) is 1. The van der Waals surface area contributed by atoms with Crippen molar-refractivity contribution in [2.75, 3.05) is 26.1 Å².